The smallest absolute Gasteiger partial charge is 0.339 e. The van der Waals surface area contributed by atoms with Crippen LogP contribution in [0.1, 0.15) is 48.2 Å². The molecule has 0 saturated carbocycles. The van der Waals surface area contributed by atoms with Gasteiger partial charge in [-0.05, 0) is 31.0 Å². The fourth-order valence-corrected chi connectivity index (χ4v) is 4.77. The summed E-state index contributed by atoms with van der Waals surface area (Å²) in [5.41, 5.74) is 0.844. The van der Waals surface area contributed by atoms with Crippen LogP contribution in [0.5, 0.6) is 0 Å². The molecule has 192 valence electrons. The third kappa shape index (κ3) is 4.86. The van der Waals surface area contributed by atoms with Crippen molar-refractivity contribution < 1.29 is 38.5 Å². The Morgan fingerprint density at radius 1 is 1.14 bits per heavy atom. The van der Waals surface area contributed by atoms with Gasteiger partial charge in [-0.2, -0.15) is 0 Å². The Balaban J connectivity index is 1.26. The number of aromatic nitrogens is 1. The van der Waals surface area contributed by atoms with E-state index in [0.29, 0.717) is 12.0 Å². The fourth-order valence-electron chi connectivity index (χ4n) is 4.77. The molecule has 2 fully saturated rings. The molecule has 2 saturated heterocycles. The molecular weight excluding hydrogens is 474 g/mol. The molecule has 5 atom stereocenters. The van der Waals surface area contributed by atoms with Crippen LogP contribution in [0, 0.1) is 10.1 Å². The number of esters is 2. The zero-order chi connectivity index (χ0) is 25.2. The number of carbonyl (C=O) groups excluding carboxylic acids is 2. The van der Waals surface area contributed by atoms with Gasteiger partial charge in [0.05, 0.1) is 18.8 Å². The molecule has 5 rings (SSSR count). The number of hydrogen-bond acceptors (Lipinski definition) is 10. The van der Waals surface area contributed by atoms with E-state index >= 15 is 0 Å². The predicted molar refractivity (Wildman–Crippen MR) is 123 cm³/mol. The van der Waals surface area contributed by atoms with Crippen LogP contribution in [0.2, 0.25) is 0 Å². The molecule has 2 unspecified atom stereocenters. The first-order chi connectivity index (χ1) is 17.5. The molecule has 3 aliphatic rings. The fraction of sp³-hybridized carbons (Fsp3) is 0.500. The maximum atomic E-state index is 13.2. The second kappa shape index (κ2) is 10.2. The minimum Gasteiger partial charge on any atom is -0.456 e. The van der Waals surface area contributed by atoms with Crippen molar-refractivity contribution in [3.05, 3.63) is 63.8 Å². The van der Waals surface area contributed by atoms with Crippen LogP contribution < -0.4 is 5.01 Å². The Bertz CT molecular complexity index is 1120. The Kier molecular flexibility index (Phi) is 6.79. The normalized spacial score (nSPS) is 24.5. The average molecular weight is 501 g/mol. The number of hydrogen-bond donors (Lipinski definition) is 0. The van der Waals surface area contributed by atoms with Crippen molar-refractivity contribution >= 4 is 17.8 Å². The van der Waals surface area contributed by atoms with Gasteiger partial charge in [0.1, 0.15) is 30.7 Å². The van der Waals surface area contributed by atoms with Gasteiger partial charge in [0.25, 0.3) is 5.09 Å². The van der Waals surface area contributed by atoms with E-state index in [-0.39, 0.29) is 25.3 Å². The van der Waals surface area contributed by atoms with Crippen molar-refractivity contribution in [2.24, 2.45) is 0 Å². The van der Waals surface area contributed by atoms with E-state index in [2.05, 4.69) is 4.84 Å². The molecule has 12 heteroatoms. The third-order valence-corrected chi connectivity index (χ3v) is 6.53. The molecule has 12 nitrogen and oxygen atoms in total. The van der Waals surface area contributed by atoms with Gasteiger partial charge in [-0.3, -0.25) is 9.80 Å². The lowest BCUT2D eigenvalue weighted by Crippen LogP contribution is -2.36. The quantitative estimate of drug-likeness (QED) is 0.196. The Hall–Kier alpha value is -3.64. The first-order valence-corrected chi connectivity index (χ1v) is 11.9. The monoisotopic (exact) mass is 501 g/mol. The molecule has 0 radical (unpaired) electrons. The summed E-state index contributed by atoms with van der Waals surface area (Å²) in [6.45, 7) is 2.12. The van der Waals surface area contributed by atoms with E-state index in [1.54, 1.807) is 29.3 Å². The summed E-state index contributed by atoms with van der Waals surface area (Å²) in [5.74, 6) is -0.0641. The third-order valence-electron chi connectivity index (χ3n) is 6.53. The SMILES string of the molecule is CCCCC(OC(=O)CN1c2cccn21)c1ccccc1C(=O)OC1CO[C@H]2[C@@H]1OC[C@H]2O[N+](=O)[O-]. The summed E-state index contributed by atoms with van der Waals surface area (Å²) >= 11 is 0. The highest BCUT2D eigenvalue weighted by molar-refractivity contribution is 5.91. The Labute approximate surface area is 206 Å². The molecule has 1 aromatic heterocycles. The molecule has 0 amide bonds. The van der Waals surface area contributed by atoms with Gasteiger partial charge in [-0.15, -0.1) is 10.1 Å². The Morgan fingerprint density at radius 3 is 2.61 bits per heavy atom. The van der Waals surface area contributed by atoms with Gasteiger partial charge in [0.2, 0.25) is 0 Å². The second-order valence-corrected chi connectivity index (χ2v) is 8.88. The van der Waals surface area contributed by atoms with E-state index < -0.39 is 47.5 Å². The maximum Gasteiger partial charge on any atom is 0.339 e. The average Bonchev–Trinajstić information content (AvgIpc) is 3.29. The molecule has 0 spiro atoms. The molecule has 36 heavy (non-hydrogen) atoms. The standard InChI is InChI=1S/C24H27N3O9/c1-2-3-9-17(34-21(28)12-26-20-10-6-11-25(20)26)15-7-4-5-8-16(15)24(29)35-18-13-32-23-19(36-27(30)31)14-33-22(18)23/h4-8,10-11,17-19,22-23H,2-3,9,12-14H2,1H3/t17?,18?,19-,22-,23-,25?,26?/m1/s1. The molecule has 0 N–H and O–H groups in total. The highest BCUT2D eigenvalue weighted by Gasteiger charge is 2.51. The molecule has 0 bridgehead atoms. The number of unbranched alkanes of at least 4 members (excludes halogenated alkanes) is 1. The van der Waals surface area contributed by atoms with Crippen LogP contribution in [0.3, 0.4) is 0 Å². The van der Waals surface area contributed by atoms with E-state index in [1.165, 1.54) is 0 Å². The van der Waals surface area contributed by atoms with E-state index in [1.807, 2.05) is 29.9 Å². The van der Waals surface area contributed by atoms with Crippen LogP contribution >= 0.6 is 0 Å². The molecule has 4 heterocycles. The first-order valence-electron chi connectivity index (χ1n) is 11.9. The van der Waals surface area contributed by atoms with Crippen molar-refractivity contribution in [1.29, 1.82) is 0 Å². The molecule has 1 aromatic carbocycles. The van der Waals surface area contributed by atoms with Crippen LogP contribution in [0.4, 0.5) is 5.82 Å². The van der Waals surface area contributed by atoms with E-state index in [4.69, 9.17) is 18.9 Å². The summed E-state index contributed by atoms with van der Waals surface area (Å²) < 4.78 is 24.6. The maximum absolute atomic E-state index is 13.2. The summed E-state index contributed by atoms with van der Waals surface area (Å²) in [5, 5.41) is 11.6. The van der Waals surface area contributed by atoms with Crippen LogP contribution in [-0.2, 0) is 28.6 Å². The van der Waals surface area contributed by atoms with Crippen LogP contribution in [0.15, 0.2) is 42.6 Å². The lowest BCUT2D eigenvalue weighted by Gasteiger charge is -2.22. The molecule has 2 aromatic rings. The zero-order valence-electron chi connectivity index (χ0n) is 19.7. The highest BCUT2D eigenvalue weighted by Crippen LogP contribution is 2.34. The highest BCUT2D eigenvalue weighted by atomic mass is 17.0. The van der Waals surface area contributed by atoms with Crippen LogP contribution in [-0.4, -0.2) is 65.9 Å². The van der Waals surface area contributed by atoms with E-state index in [0.717, 1.165) is 18.7 Å². The van der Waals surface area contributed by atoms with Crippen LogP contribution in [0.25, 0.3) is 0 Å². The minimum absolute atomic E-state index is 0.0306. The minimum atomic E-state index is -0.884. The van der Waals surface area contributed by atoms with Gasteiger partial charge in [0, 0.05) is 11.8 Å². The second-order valence-electron chi connectivity index (χ2n) is 8.88. The summed E-state index contributed by atoms with van der Waals surface area (Å²) in [6, 6.07) is 10.7. The Morgan fingerprint density at radius 2 is 1.89 bits per heavy atom. The lowest BCUT2D eigenvalue weighted by atomic mass is 9.98. The molecular formula is C24H27N3O9. The van der Waals surface area contributed by atoms with Gasteiger partial charge < -0.3 is 23.8 Å². The number of benzene rings is 1. The van der Waals surface area contributed by atoms with Gasteiger partial charge in [-0.25, -0.2) is 9.47 Å². The number of anilines is 1. The van der Waals surface area contributed by atoms with Crippen molar-refractivity contribution in [3.63, 3.8) is 0 Å². The lowest BCUT2D eigenvalue weighted by molar-refractivity contribution is -0.769. The summed E-state index contributed by atoms with van der Waals surface area (Å²) in [7, 11) is 0. The first kappa shape index (κ1) is 24.1. The predicted octanol–water partition coefficient (Wildman–Crippen LogP) is 2.45. The van der Waals surface area contributed by atoms with Crippen molar-refractivity contribution in [2.75, 3.05) is 24.8 Å². The number of carbonyl (C=O) groups is 2. The molecule has 3 aliphatic heterocycles. The number of rotatable bonds is 11. The van der Waals surface area contributed by atoms with Crippen molar-refractivity contribution in [2.45, 2.75) is 56.7 Å². The van der Waals surface area contributed by atoms with Crippen molar-refractivity contribution in [1.82, 2.24) is 4.68 Å². The summed E-state index contributed by atoms with van der Waals surface area (Å²) in [6.07, 6.45) is 0.521. The zero-order valence-corrected chi connectivity index (χ0v) is 19.7. The largest absolute Gasteiger partial charge is 0.456 e. The number of ether oxygens (including phenoxy) is 4. The van der Waals surface area contributed by atoms with Crippen molar-refractivity contribution in [3.8, 4) is 0 Å². The topological polar surface area (TPSA) is 131 Å². The number of fused-ring (bicyclic) bond motifs is 2. The molecule has 0 aliphatic carbocycles. The van der Waals surface area contributed by atoms with Gasteiger partial charge >= 0.3 is 11.9 Å². The number of nitrogens with zero attached hydrogens (tertiary/aromatic N) is 3. The van der Waals surface area contributed by atoms with Gasteiger partial charge in [-0.1, -0.05) is 31.5 Å². The van der Waals surface area contributed by atoms with Gasteiger partial charge in [0.15, 0.2) is 12.2 Å². The van der Waals surface area contributed by atoms with E-state index in [9.17, 15) is 19.7 Å². The summed E-state index contributed by atoms with van der Waals surface area (Å²) in [4.78, 5) is 41.2.